The van der Waals surface area contributed by atoms with Crippen LogP contribution in [0.25, 0.3) is 0 Å². The lowest BCUT2D eigenvalue weighted by atomic mass is 10.1. The van der Waals surface area contributed by atoms with E-state index in [1.807, 2.05) is 0 Å². The van der Waals surface area contributed by atoms with E-state index in [4.69, 9.17) is 5.73 Å². The van der Waals surface area contributed by atoms with Crippen molar-refractivity contribution in [3.63, 3.8) is 0 Å². The first-order valence-corrected chi connectivity index (χ1v) is 7.10. The predicted octanol–water partition coefficient (Wildman–Crippen LogP) is -0.701. The zero-order valence-corrected chi connectivity index (χ0v) is 9.96. The molecule has 2 rings (SSSR count). The molecule has 0 saturated carbocycles. The SMILES string of the molecule is Nc1cc(C(=O)NC2CCS(=O)(=O)CC2)[nH]n1. The number of aromatic nitrogens is 2. The fourth-order valence-corrected chi connectivity index (χ4v) is 3.24. The summed E-state index contributed by atoms with van der Waals surface area (Å²) in [4.78, 5) is 11.7. The average molecular weight is 258 g/mol. The first-order valence-electron chi connectivity index (χ1n) is 5.28. The monoisotopic (exact) mass is 258 g/mol. The summed E-state index contributed by atoms with van der Waals surface area (Å²) in [6.07, 6.45) is 0.912. The second-order valence-electron chi connectivity index (χ2n) is 4.11. The molecule has 8 heteroatoms. The molecule has 0 spiro atoms. The number of aromatic amines is 1. The average Bonchev–Trinajstić information content (AvgIpc) is 2.68. The fraction of sp³-hybridized carbons (Fsp3) is 0.556. The van der Waals surface area contributed by atoms with Crippen LogP contribution in [0.2, 0.25) is 0 Å². The molecule has 0 atom stereocenters. The molecule has 1 aliphatic rings. The highest BCUT2D eigenvalue weighted by atomic mass is 32.2. The lowest BCUT2D eigenvalue weighted by Gasteiger charge is -2.22. The van der Waals surface area contributed by atoms with Crippen LogP contribution in [-0.4, -0.2) is 42.1 Å². The fourth-order valence-electron chi connectivity index (χ4n) is 1.75. The smallest absolute Gasteiger partial charge is 0.269 e. The van der Waals surface area contributed by atoms with Gasteiger partial charge in [0.25, 0.3) is 5.91 Å². The number of carbonyl (C=O) groups excluding carboxylic acids is 1. The number of nitrogen functional groups attached to an aromatic ring is 1. The number of H-pyrrole nitrogens is 1. The molecule has 1 amide bonds. The zero-order valence-electron chi connectivity index (χ0n) is 9.14. The summed E-state index contributed by atoms with van der Waals surface area (Å²) in [7, 11) is -2.90. The Hall–Kier alpha value is -1.57. The molecule has 0 unspecified atom stereocenters. The van der Waals surface area contributed by atoms with Gasteiger partial charge in [0.05, 0.1) is 11.5 Å². The van der Waals surface area contributed by atoms with Crippen LogP contribution < -0.4 is 11.1 Å². The van der Waals surface area contributed by atoms with Crippen LogP contribution in [0.3, 0.4) is 0 Å². The number of nitrogens with zero attached hydrogens (tertiary/aromatic N) is 1. The van der Waals surface area contributed by atoms with Crippen molar-refractivity contribution in [1.82, 2.24) is 15.5 Å². The van der Waals surface area contributed by atoms with Crippen LogP contribution in [0, 0.1) is 0 Å². The van der Waals surface area contributed by atoms with Crippen molar-refractivity contribution >= 4 is 21.6 Å². The Morgan fingerprint density at radius 1 is 1.47 bits per heavy atom. The summed E-state index contributed by atoms with van der Waals surface area (Å²) in [5.74, 6) is 0.200. The highest BCUT2D eigenvalue weighted by Crippen LogP contribution is 2.12. The number of hydrogen-bond donors (Lipinski definition) is 3. The lowest BCUT2D eigenvalue weighted by Crippen LogP contribution is -2.40. The second-order valence-corrected chi connectivity index (χ2v) is 6.41. The minimum absolute atomic E-state index is 0.101. The first-order chi connectivity index (χ1) is 7.96. The van der Waals surface area contributed by atoms with Crippen LogP contribution in [0.1, 0.15) is 23.3 Å². The van der Waals surface area contributed by atoms with Gasteiger partial charge >= 0.3 is 0 Å². The number of amides is 1. The van der Waals surface area contributed by atoms with Gasteiger partial charge in [-0.25, -0.2) is 8.42 Å². The Morgan fingerprint density at radius 3 is 2.65 bits per heavy atom. The third-order valence-electron chi connectivity index (χ3n) is 2.73. The van der Waals surface area contributed by atoms with Crippen LogP contribution in [0.5, 0.6) is 0 Å². The van der Waals surface area contributed by atoms with E-state index in [9.17, 15) is 13.2 Å². The Kier molecular flexibility index (Phi) is 3.05. The number of rotatable bonds is 2. The molecule has 94 valence electrons. The van der Waals surface area contributed by atoms with Gasteiger partial charge in [0, 0.05) is 12.1 Å². The Morgan fingerprint density at radius 2 is 2.12 bits per heavy atom. The number of nitrogens with two attached hydrogens (primary N) is 1. The molecule has 0 radical (unpaired) electrons. The minimum Gasteiger partial charge on any atom is -0.382 e. The van der Waals surface area contributed by atoms with Crippen molar-refractivity contribution in [1.29, 1.82) is 0 Å². The molecule has 1 fully saturated rings. The second kappa shape index (κ2) is 4.36. The highest BCUT2D eigenvalue weighted by molar-refractivity contribution is 7.91. The molecule has 1 aromatic heterocycles. The Bertz CT molecular complexity index is 508. The molecule has 0 aliphatic carbocycles. The van der Waals surface area contributed by atoms with Crippen LogP contribution in [-0.2, 0) is 9.84 Å². The van der Waals surface area contributed by atoms with E-state index in [0.717, 1.165) is 0 Å². The molecule has 1 aliphatic heterocycles. The largest absolute Gasteiger partial charge is 0.382 e. The third-order valence-corrected chi connectivity index (χ3v) is 4.45. The molecule has 17 heavy (non-hydrogen) atoms. The van der Waals surface area contributed by atoms with Crippen molar-refractivity contribution in [3.05, 3.63) is 11.8 Å². The molecular formula is C9H14N4O3S. The number of nitrogens with one attached hydrogen (secondary N) is 2. The van der Waals surface area contributed by atoms with E-state index in [1.165, 1.54) is 6.07 Å². The molecule has 1 aromatic rings. The van der Waals surface area contributed by atoms with Crippen molar-refractivity contribution in [2.24, 2.45) is 0 Å². The number of hydrogen-bond acceptors (Lipinski definition) is 5. The molecule has 7 nitrogen and oxygen atoms in total. The molecule has 1 saturated heterocycles. The summed E-state index contributed by atoms with van der Waals surface area (Å²) in [6, 6.07) is 1.34. The third kappa shape index (κ3) is 2.96. The van der Waals surface area contributed by atoms with E-state index in [2.05, 4.69) is 15.5 Å². The van der Waals surface area contributed by atoms with Gasteiger partial charge in [0.2, 0.25) is 0 Å². The Balaban J connectivity index is 1.92. The topological polar surface area (TPSA) is 118 Å². The quantitative estimate of drug-likeness (QED) is 0.648. The van der Waals surface area contributed by atoms with E-state index in [1.54, 1.807) is 0 Å². The van der Waals surface area contributed by atoms with E-state index in [-0.39, 0.29) is 35.0 Å². The van der Waals surface area contributed by atoms with E-state index < -0.39 is 9.84 Å². The van der Waals surface area contributed by atoms with Gasteiger partial charge in [-0.2, -0.15) is 5.10 Å². The van der Waals surface area contributed by atoms with Gasteiger partial charge in [-0.3, -0.25) is 9.89 Å². The van der Waals surface area contributed by atoms with Crippen molar-refractivity contribution in [3.8, 4) is 0 Å². The Labute approximate surface area is 98.7 Å². The summed E-state index contributed by atoms with van der Waals surface area (Å²) < 4.78 is 22.4. The van der Waals surface area contributed by atoms with Gasteiger partial charge in [-0.1, -0.05) is 0 Å². The minimum atomic E-state index is -2.90. The van der Waals surface area contributed by atoms with E-state index >= 15 is 0 Å². The van der Waals surface area contributed by atoms with E-state index in [0.29, 0.717) is 12.8 Å². The molecule has 2 heterocycles. The molecular weight excluding hydrogens is 244 g/mol. The summed E-state index contributed by atoms with van der Waals surface area (Å²) in [5.41, 5.74) is 5.67. The summed E-state index contributed by atoms with van der Waals surface area (Å²) in [5, 5.41) is 8.91. The van der Waals surface area contributed by atoms with Gasteiger partial charge in [0.15, 0.2) is 0 Å². The van der Waals surface area contributed by atoms with Crippen LogP contribution >= 0.6 is 0 Å². The standard InChI is InChI=1S/C9H14N4O3S/c10-8-5-7(12-13-8)9(14)11-6-1-3-17(15,16)4-2-6/h5-6H,1-4H2,(H,11,14)(H3,10,12,13). The predicted molar refractivity (Wildman–Crippen MR) is 62.1 cm³/mol. The molecule has 4 N–H and O–H groups in total. The normalized spacial score (nSPS) is 20.0. The van der Waals surface area contributed by atoms with Gasteiger partial charge in [-0.05, 0) is 12.8 Å². The highest BCUT2D eigenvalue weighted by Gasteiger charge is 2.25. The lowest BCUT2D eigenvalue weighted by molar-refractivity contribution is 0.0929. The van der Waals surface area contributed by atoms with Crippen LogP contribution in [0.15, 0.2) is 6.07 Å². The maximum absolute atomic E-state index is 11.7. The maximum atomic E-state index is 11.7. The summed E-state index contributed by atoms with van der Waals surface area (Å²) in [6.45, 7) is 0. The van der Waals surface area contributed by atoms with Crippen molar-refractivity contribution in [2.75, 3.05) is 17.2 Å². The van der Waals surface area contributed by atoms with Crippen molar-refractivity contribution in [2.45, 2.75) is 18.9 Å². The number of anilines is 1. The molecule has 0 bridgehead atoms. The van der Waals surface area contributed by atoms with Gasteiger partial charge < -0.3 is 11.1 Å². The number of carbonyl (C=O) groups is 1. The number of sulfone groups is 1. The zero-order chi connectivity index (χ0) is 12.5. The van der Waals surface area contributed by atoms with Crippen molar-refractivity contribution < 1.29 is 13.2 Å². The maximum Gasteiger partial charge on any atom is 0.269 e. The van der Waals surface area contributed by atoms with Crippen LogP contribution in [0.4, 0.5) is 5.82 Å². The van der Waals surface area contributed by atoms with Gasteiger partial charge in [0.1, 0.15) is 21.3 Å². The molecule has 0 aromatic carbocycles. The summed E-state index contributed by atoms with van der Waals surface area (Å²) >= 11 is 0. The van der Waals surface area contributed by atoms with Gasteiger partial charge in [-0.15, -0.1) is 0 Å². The first kappa shape index (κ1) is 11.9.